The van der Waals surface area contributed by atoms with Crippen LogP contribution in [-0.4, -0.2) is 36.3 Å². The Hall–Kier alpha value is -1.99. The van der Waals surface area contributed by atoms with Crippen LogP contribution in [0.4, 0.5) is 14.5 Å². The first kappa shape index (κ1) is 16.9. The van der Waals surface area contributed by atoms with E-state index in [4.69, 9.17) is 4.74 Å². The lowest BCUT2D eigenvalue weighted by Gasteiger charge is -2.28. The van der Waals surface area contributed by atoms with Gasteiger partial charge in [0.25, 0.3) is 6.43 Å². The molecule has 0 radical (unpaired) electrons. The number of aliphatic hydroxyl groups excluding tert-OH is 1. The van der Waals surface area contributed by atoms with E-state index < -0.39 is 24.5 Å². The van der Waals surface area contributed by atoms with Gasteiger partial charge in [-0.25, -0.2) is 19.0 Å². The summed E-state index contributed by atoms with van der Waals surface area (Å²) in [6, 6.07) is 5.44. The highest BCUT2D eigenvalue weighted by Crippen LogP contribution is 2.38. The molecule has 0 spiro atoms. The Morgan fingerprint density at radius 3 is 3.00 bits per heavy atom. The minimum Gasteiger partial charge on any atom is -0.462 e. The van der Waals surface area contributed by atoms with Gasteiger partial charge >= 0.3 is 5.97 Å². The quantitative estimate of drug-likeness (QED) is 0.827. The molecule has 1 aromatic rings. The highest BCUT2D eigenvalue weighted by Gasteiger charge is 2.41. The number of esters is 1. The van der Waals surface area contributed by atoms with Crippen molar-refractivity contribution in [2.24, 2.45) is 0 Å². The van der Waals surface area contributed by atoms with Crippen LogP contribution in [0, 0.1) is 0 Å². The molecule has 0 fully saturated rings. The number of ether oxygens (including phenoxy) is 1. The van der Waals surface area contributed by atoms with Crippen molar-refractivity contribution in [3.63, 3.8) is 0 Å². The predicted molar refractivity (Wildman–Crippen MR) is 84.7 cm³/mol. The zero-order valence-corrected chi connectivity index (χ0v) is 13.3. The topological polar surface area (TPSA) is 61.8 Å². The zero-order valence-electron chi connectivity index (χ0n) is 13.3. The molecule has 0 amide bonds. The van der Waals surface area contributed by atoms with E-state index in [0.717, 1.165) is 0 Å². The minimum atomic E-state index is -2.57. The first-order valence-electron chi connectivity index (χ1n) is 8.05. The molecule has 0 saturated heterocycles. The number of rotatable bonds is 4. The maximum absolute atomic E-state index is 13.4. The molecular formula is C17H20F2N2O3. The first-order valence-corrected chi connectivity index (χ1v) is 8.05. The first-order chi connectivity index (χ1) is 11.5. The molecule has 0 bridgehead atoms. The van der Waals surface area contributed by atoms with Crippen molar-refractivity contribution in [3.8, 4) is 0 Å². The predicted octanol–water partition coefficient (Wildman–Crippen LogP) is 2.62. The fraction of sp³-hybridized carbons (Fsp3) is 0.471. The van der Waals surface area contributed by atoms with Crippen molar-refractivity contribution in [1.82, 2.24) is 5.43 Å². The molecule has 2 aliphatic rings. The highest BCUT2D eigenvalue weighted by molar-refractivity contribution is 5.90. The van der Waals surface area contributed by atoms with E-state index in [0.29, 0.717) is 41.8 Å². The van der Waals surface area contributed by atoms with E-state index in [1.807, 2.05) is 0 Å². The molecule has 0 saturated carbocycles. The average Bonchev–Trinajstić information content (AvgIpc) is 2.96. The van der Waals surface area contributed by atoms with Crippen LogP contribution in [0.15, 0.2) is 35.5 Å². The summed E-state index contributed by atoms with van der Waals surface area (Å²) < 4.78 is 31.7. The van der Waals surface area contributed by atoms with Crippen molar-refractivity contribution in [1.29, 1.82) is 0 Å². The molecule has 24 heavy (non-hydrogen) atoms. The number of carbonyl (C=O) groups is 1. The second-order valence-electron chi connectivity index (χ2n) is 5.87. The molecule has 0 aromatic heterocycles. The third-order valence-electron chi connectivity index (χ3n) is 4.32. The van der Waals surface area contributed by atoms with E-state index >= 15 is 0 Å². The Balaban J connectivity index is 1.96. The summed E-state index contributed by atoms with van der Waals surface area (Å²) in [7, 11) is 0. The van der Waals surface area contributed by atoms with Crippen LogP contribution in [0.25, 0.3) is 0 Å². The number of nitrogens with zero attached hydrogens (tertiary/aromatic N) is 1. The van der Waals surface area contributed by atoms with E-state index in [1.54, 1.807) is 31.2 Å². The monoisotopic (exact) mass is 338 g/mol. The molecule has 2 N–H and O–H groups in total. The number of anilines is 1. The molecule has 5 nitrogen and oxygen atoms in total. The summed E-state index contributed by atoms with van der Waals surface area (Å²) in [6.45, 7) is 1.97. The van der Waals surface area contributed by atoms with E-state index in [1.165, 1.54) is 5.01 Å². The SMILES string of the molecule is CCOC(=O)c1cccc(N2NC(C(F)F)C3=C2C(O)CCC3)c1. The van der Waals surface area contributed by atoms with E-state index in [2.05, 4.69) is 5.43 Å². The number of aliphatic hydroxyl groups is 1. The molecule has 1 heterocycles. The van der Waals surface area contributed by atoms with Crippen molar-refractivity contribution in [2.75, 3.05) is 11.6 Å². The van der Waals surface area contributed by atoms with Crippen LogP contribution in [0.3, 0.4) is 0 Å². The van der Waals surface area contributed by atoms with Gasteiger partial charge in [-0.1, -0.05) is 6.07 Å². The number of hydrazine groups is 1. The number of alkyl halides is 2. The van der Waals surface area contributed by atoms with Crippen LogP contribution < -0.4 is 10.4 Å². The van der Waals surface area contributed by atoms with E-state index in [9.17, 15) is 18.7 Å². The normalized spacial score (nSPS) is 23.6. The Kier molecular flexibility index (Phi) is 4.82. The minimum absolute atomic E-state index is 0.256. The fourth-order valence-electron chi connectivity index (χ4n) is 3.27. The number of hydrogen-bond acceptors (Lipinski definition) is 5. The molecule has 130 valence electrons. The third-order valence-corrected chi connectivity index (χ3v) is 4.32. The van der Waals surface area contributed by atoms with Crippen LogP contribution in [-0.2, 0) is 4.74 Å². The lowest BCUT2D eigenvalue weighted by atomic mass is 9.91. The maximum Gasteiger partial charge on any atom is 0.338 e. The van der Waals surface area contributed by atoms with E-state index in [-0.39, 0.29) is 6.61 Å². The Morgan fingerprint density at radius 1 is 1.50 bits per heavy atom. The van der Waals surface area contributed by atoms with Gasteiger partial charge in [0.2, 0.25) is 0 Å². The molecule has 1 aliphatic heterocycles. The summed E-state index contributed by atoms with van der Waals surface area (Å²) in [6.07, 6.45) is -1.62. The number of carbonyl (C=O) groups excluding carboxylic acids is 1. The van der Waals surface area contributed by atoms with Crippen molar-refractivity contribution >= 4 is 11.7 Å². The van der Waals surface area contributed by atoms with Gasteiger partial charge in [0, 0.05) is 0 Å². The van der Waals surface area contributed by atoms with Gasteiger partial charge in [0.1, 0.15) is 6.04 Å². The number of hydrogen-bond donors (Lipinski definition) is 2. The molecule has 7 heteroatoms. The average molecular weight is 338 g/mol. The summed E-state index contributed by atoms with van der Waals surface area (Å²) in [4.78, 5) is 11.9. The maximum atomic E-state index is 13.4. The molecule has 1 aromatic carbocycles. The molecular weight excluding hydrogens is 318 g/mol. The second kappa shape index (κ2) is 6.86. The standard InChI is InChI=1S/C17H20F2N2O3/c1-2-24-17(23)10-5-3-6-11(9-10)21-15-12(7-4-8-13(15)22)14(20-21)16(18)19/h3,5-6,9,13-14,16,20,22H,2,4,7-8H2,1H3. The van der Waals surface area contributed by atoms with Crippen molar-refractivity contribution in [2.45, 2.75) is 44.8 Å². The third kappa shape index (κ3) is 3.01. The zero-order chi connectivity index (χ0) is 17.3. The van der Waals surface area contributed by atoms with Gasteiger partial charge in [-0.15, -0.1) is 0 Å². The van der Waals surface area contributed by atoms with Crippen LogP contribution in [0.2, 0.25) is 0 Å². The van der Waals surface area contributed by atoms with Gasteiger partial charge in [0.15, 0.2) is 0 Å². The Labute approximate surface area is 138 Å². The number of benzene rings is 1. The smallest absolute Gasteiger partial charge is 0.338 e. The lowest BCUT2D eigenvalue weighted by molar-refractivity contribution is 0.0526. The van der Waals surface area contributed by atoms with Gasteiger partial charge in [-0.3, -0.25) is 5.01 Å². The highest BCUT2D eigenvalue weighted by atomic mass is 19.3. The van der Waals surface area contributed by atoms with Gasteiger partial charge in [-0.2, -0.15) is 0 Å². The summed E-state index contributed by atoms with van der Waals surface area (Å²) in [5.74, 6) is -0.470. The fourth-order valence-corrected chi connectivity index (χ4v) is 3.27. The summed E-state index contributed by atoms with van der Waals surface area (Å²) in [5, 5.41) is 11.8. The van der Waals surface area contributed by atoms with Crippen LogP contribution >= 0.6 is 0 Å². The van der Waals surface area contributed by atoms with Gasteiger partial charge in [0.05, 0.1) is 29.7 Å². The Bertz CT molecular complexity index is 663. The number of halogens is 2. The molecule has 2 atom stereocenters. The molecule has 3 rings (SSSR count). The van der Waals surface area contributed by atoms with Gasteiger partial charge in [-0.05, 0) is 50.0 Å². The Morgan fingerprint density at radius 2 is 2.29 bits per heavy atom. The van der Waals surface area contributed by atoms with Gasteiger partial charge < -0.3 is 9.84 Å². The van der Waals surface area contributed by atoms with Crippen LogP contribution in [0.1, 0.15) is 36.5 Å². The summed E-state index contributed by atoms with van der Waals surface area (Å²) >= 11 is 0. The second-order valence-corrected chi connectivity index (χ2v) is 5.87. The van der Waals surface area contributed by atoms with Crippen LogP contribution in [0.5, 0.6) is 0 Å². The number of nitrogens with one attached hydrogen (secondary N) is 1. The summed E-state index contributed by atoms with van der Waals surface area (Å²) in [5.41, 5.74) is 4.66. The lowest BCUT2D eigenvalue weighted by Crippen LogP contribution is -2.42. The van der Waals surface area contributed by atoms with Crippen molar-refractivity contribution < 1.29 is 23.4 Å². The molecule has 1 aliphatic carbocycles. The van der Waals surface area contributed by atoms with Crippen molar-refractivity contribution in [3.05, 3.63) is 41.1 Å². The largest absolute Gasteiger partial charge is 0.462 e. The molecule has 2 unspecified atom stereocenters.